The molecule has 2 heterocycles. The van der Waals surface area contributed by atoms with Crippen LogP contribution >= 0.6 is 11.8 Å². The normalized spacial score (nSPS) is 20.7. The van der Waals surface area contributed by atoms with Crippen molar-refractivity contribution < 1.29 is 0 Å². The van der Waals surface area contributed by atoms with Crippen LogP contribution in [-0.4, -0.2) is 10.8 Å². The van der Waals surface area contributed by atoms with Crippen molar-refractivity contribution >= 4 is 18.1 Å². The van der Waals surface area contributed by atoms with Crippen LogP contribution in [0.1, 0.15) is 0 Å². The zero-order valence-corrected chi connectivity index (χ0v) is 5.76. The van der Waals surface area contributed by atoms with E-state index in [1.54, 1.807) is 12.4 Å². The number of halogens is 1. The van der Waals surface area contributed by atoms with Gasteiger partial charge in [0.25, 0.3) is 0 Å². The summed E-state index contributed by atoms with van der Waals surface area (Å²) in [5.41, 5.74) is 7.43. The van der Waals surface area contributed by atoms with E-state index < -0.39 is 0 Å². The molecule has 4 nitrogen and oxygen atoms in total. The van der Waals surface area contributed by atoms with Crippen molar-refractivity contribution in [3.63, 3.8) is 0 Å². The molecule has 10 heavy (non-hydrogen) atoms. The van der Waals surface area contributed by atoms with Gasteiger partial charge in [0.15, 0.2) is 0 Å². The van der Waals surface area contributed by atoms with E-state index in [-0.39, 0.29) is 0 Å². The van der Waals surface area contributed by atoms with Crippen molar-refractivity contribution in [2.75, 3.05) is 0 Å². The minimum atomic E-state index is 0.872. The zero-order chi connectivity index (χ0) is 6.97. The first kappa shape index (κ1) is 5.61. The lowest BCUT2D eigenvalue weighted by molar-refractivity contribution is 0.757. The molecule has 0 spiro atoms. The van der Waals surface area contributed by atoms with Gasteiger partial charge in [0.2, 0.25) is 0 Å². The Bertz CT molecular complexity index is 242. The Morgan fingerprint density at radius 3 is 3.40 bits per heavy atom. The quantitative estimate of drug-likeness (QED) is 0.495. The maximum atomic E-state index is 5.60. The van der Waals surface area contributed by atoms with Crippen LogP contribution in [0.15, 0.2) is 28.8 Å². The maximum absolute atomic E-state index is 5.60. The highest BCUT2D eigenvalue weighted by Crippen LogP contribution is 2.16. The summed E-state index contributed by atoms with van der Waals surface area (Å²) in [4.78, 5) is 4.01. The predicted molar refractivity (Wildman–Crippen MR) is 38.6 cm³/mol. The van der Waals surface area contributed by atoms with E-state index in [0.29, 0.717) is 0 Å². The molecular weight excluding hydrogens is 152 g/mol. The molecule has 0 aromatic rings. The average Bonchev–Trinajstić information content (AvgIpc) is 2.33. The number of rotatable bonds is 0. The van der Waals surface area contributed by atoms with E-state index in [2.05, 4.69) is 15.8 Å². The van der Waals surface area contributed by atoms with Gasteiger partial charge in [-0.25, -0.2) is 9.41 Å². The van der Waals surface area contributed by atoms with E-state index in [9.17, 15) is 0 Å². The van der Waals surface area contributed by atoms with E-state index in [1.165, 1.54) is 10.8 Å². The fraction of sp³-hybridized carbons (Fsp3) is 0. The fourth-order valence-electron chi connectivity index (χ4n) is 0.803. The molecule has 0 radical (unpaired) electrons. The minimum Gasteiger partial charge on any atom is -0.306 e. The summed E-state index contributed by atoms with van der Waals surface area (Å²) in [5.74, 6) is 0. The molecule has 2 N–H and O–H groups in total. The highest BCUT2D eigenvalue weighted by atomic mass is 35.5. The maximum Gasteiger partial charge on any atom is 0.111 e. The number of hydrazine groups is 1. The summed E-state index contributed by atoms with van der Waals surface area (Å²) in [6.45, 7) is 0. The monoisotopic (exact) mass is 156 g/mol. The molecule has 2 aliphatic rings. The summed E-state index contributed by atoms with van der Waals surface area (Å²) < 4.78 is 1.37. The van der Waals surface area contributed by atoms with Gasteiger partial charge in [0.1, 0.15) is 12.0 Å². The van der Waals surface area contributed by atoms with Gasteiger partial charge in [-0.3, -0.25) is 5.43 Å². The van der Waals surface area contributed by atoms with Crippen molar-refractivity contribution in [3.8, 4) is 0 Å². The van der Waals surface area contributed by atoms with Crippen molar-refractivity contribution in [2.45, 2.75) is 0 Å². The van der Waals surface area contributed by atoms with Crippen LogP contribution in [-0.2, 0) is 0 Å². The molecule has 2 aliphatic heterocycles. The smallest absolute Gasteiger partial charge is 0.111 e. The van der Waals surface area contributed by atoms with Gasteiger partial charge in [-0.1, -0.05) is 0 Å². The number of nitrogens with zero attached hydrogens (tertiary/aromatic N) is 2. The third-order valence-electron chi connectivity index (χ3n) is 1.25. The first-order valence-corrected chi connectivity index (χ1v) is 3.12. The van der Waals surface area contributed by atoms with Crippen LogP contribution in [0.4, 0.5) is 0 Å². The molecule has 0 aliphatic carbocycles. The van der Waals surface area contributed by atoms with Gasteiger partial charge >= 0.3 is 0 Å². The molecule has 2 rings (SSSR count). The van der Waals surface area contributed by atoms with Crippen LogP contribution < -0.4 is 10.9 Å². The molecule has 0 unspecified atom stereocenters. The summed E-state index contributed by atoms with van der Waals surface area (Å²) >= 11 is 5.60. The Balaban J connectivity index is 2.34. The van der Waals surface area contributed by atoms with Gasteiger partial charge in [-0.2, -0.15) is 0 Å². The van der Waals surface area contributed by atoms with Gasteiger partial charge in [-0.15, -0.1) is 0 Å². The average molecular weight is 157 g/mol. The molecule has 0 bridgehead atoms. The molecule has 5 heteroatoms. The zero-order valence-electron chi connectivity index (χ0n) is 5.00. The minimum absolute atomic E-state index is 0.872. The Kier molecular flexibility index (Phi) is 1.07. The Morgan fingerprint density at radius 2 is 2.50 bits per heavy atom. The fourth-order valence-corrected chi connectivity index (χ4v) is 0.944. The lowest BCUT2D eigenvalue weighted by atomic mass is 10.4. The molecular formula is C5H5ClN4. The number of hydrogen-bond acceptors (Lipinski definition) is 4. The number of hydrogen-bond donors (Lipinski definition) is 2. The van der Waals surface area contributed by atoms with Gasteiger partial charge in [0.05, 0.1) is 11.9 Å². The molecule has 52 valence electrons. The van der Waals surface area contributed by atoms with E-state index in [0.717, 1.165) is 11.4 Å². The highest BCUT2D eigenvalue weighted by Gasteiger charge is 2.13. The van der Waals surface area contributed by atoms with E-state index in [4.69, 9.17) is 11.8 Å². The van der Waals surface area contributed by atoms with Crippen LogP contribution in [0.25, 0.3) is 0 Å². The van der Waals surface area contributed by atoms with Gasteiger partial charge < -0.3 is 5.43 Å². The van der Waals surface area contributed by atoms with Crippen LogP contribution in [0.5, 0.6) is 0 Å². The lowest BCUT2D eigenvalue weighted by Crippen LogP contribution is -2.21. The molecule has 0 aromatic carbocycles. The van der Waals surface area contributed by atoms with Gasteiger partial charge in [0, 0.05) is 18.0 Å². The number of fused-ring (bicyclic) bond motifs is 1. The first-order valence-electron chi connectivity index (χ1n) is 2.78. The number of aliphatic imine (C=N–C) groups is 1. The van der Waals surface area contributed by atoms with Crippen LogP contribution in [0.3, 0.4) is 0 Å². The Labute approximate surface area is 62.9 Å². The van der Waals surface area contributed by atoms with Crippen molar-refractivity contribution in [1.29, 1.82) is 0 Å². The Morgan fingerprint density at radius 1 is 1.60 bits per heavy atom. The van der Waals surface area contributed by atoms with E-state index >= 15 is 0 Å². The molecule has 0 saturated heterocycles. The molecule has 0 amide bonds. The van der Waals surface area contributed by atoms with Crippen molar-refractivity contribution in [1.82, 2.24) is 15.3 Å². The molecule has 0 aromatic heterocycles. The topological polar surface area (TPSA) is 39.7 Å². The van der Waals surface area contributed by atoms with Crippen LogP contribution in [0, 0.1) is 0 Å². The number of nitrogens with one attached hydrogen (secondary N) is 2. The first-order chi connectivity index (χ1) is 4.86. The second-order valence-corrected chi connectivity index (χ2v) is 2.32. The van der Waals surface area contributed by atoms with E-state index in [1.807, 2.05) is 0 Å². The lowest BCUT2D eigenvalue weighted by Gasteiger charge is -2.10. The second-order valence-electron chi connectivity index (χ2n) is 1.93. The summed E-state index contributed by atoms with van der Waals surface area (Å²) in [6, 6.07) is 0. The molecule has 0 fully saturated rings. The van der Waals surface area contributed by atoms with Crippen LogP contribution in [0.2, 0.25) is 0 Å². The summed E-state index contributed by atoms with van der Waals surface area (Å²) in [5, 5.41) is 0. The highest BCUT2D eigenvalue weighted by molar-refractivity contribution is 6.19. The molecule has 0 saturated carbocycles. The summed E-state index contributed by atoms with van der Waals surface area (Å²) in [7, 11) is 0. The molecule has 0 atom stereocenters. The third kappa shape index (κ3) is 0.733. The standard InChI is InChI=1S/C5H5ClN4/c6-10-2-5-4(7-3-10)1-8-9-5/h1-3,8-9H. The Hall–Kier alpha value is -1.16. The SMILES string of the molecule is ClN1C=NC2=CNNC2=C1. The third-order valence-corrected chi connectivity index (χ3v) is 1.44. The largest absolute Gasteiger partial charge is 0.306 e. The van der Waals surface area contributed by atoms with Crippen molar-refractivity contribution in [2.24, 2.45) is 4.99 Å². The van der Waals surface area contributed by atoms with Crippen molar-refractivity contribution in [3.05, 3.63) is 23.8 Å². The van der Waals surface area contributed by atoms with Gasteiger partial charge in [-0.05, 0) is 0 Å². The predicted octanol–water partition coefficient (Wildman–Crippen LogP) is 0.275. The summed E-state index contributed by atoms with van der Waals surface area (Å²) in [6.07, 6.45) is 5.04. The second kappa shape index (κ2) is 1.91.